The standard InChI is InChI=1S/C27H28N4O2/c1-19-25(26(31(30-19)15-14-28)21-9-4-3-5-10-21)17-20-8-6-11-22(16-20)27(32)29-23-12-7-13-24(18-23)33-2/h3-13,16,18H,14-15,17,28H2,1-2H3,(H,29,32). The molecule has 4 aromatic rings. The maximum Gasteiger partial charge on any atom is 0.255 e. The van der Waals surface area contributed by atoms with Crippen molar-refractivity contribution < 1.29 is 9.53 Å². The molecule has 4 rings (SSSR count). The Bertz CT molecular complexity index is 1250. The third kappa shape index (κ3) is 5.13. The highest BCUT2D eigenvalue weighted by Crippen LogP contribution is 2.29. The molecule has 3 aromatic carbocycles. The van der Waals surface area contributed by atoms with Gasteiger partial charge in [0.2, 0.25) is 0 Å². The van der Waals surface area contributed by atoms with Crippen molar-refractivity contribution in [2.75, 3.05) is 19.0 Å². The maximum absolute atomic E-state index is 12.9. The number of hydrogen-bond donors (Lipinski definition) is 2. The first-order valence-corrected chi connectivity index (χ1v) is 10.9. The zero-order valence-corrected chi connectivity index (χ0v) is 18.9. The van der Waals surface area contributed by atoms with Crippen molar-refractivity contribution in [3.05, 3.63) is 101 Å². The van der Waals surface area contributed by atoms with E-state index in [-0.39, 0.29) is 5.91 Å². The van der Waals surface area contributed by atoms with Gasteiger partial charge in [-0.25, -0.2) is 0 Å². The van der Waals surface area contributed by atoms with Gasteiger partial charge in [0.25, 0.3) is 5.91 Å². The third-order valence-corrected chi connectivity index (χ3v) is 5.54. The number of rotatable bonds is 8. The molecule has 0 atom stereocenters. The first-order chi connectivity index (χ1) is 16.1. The Balaban J connectivity index is 1.62. The summed E-state index contributed by atoms with van der Waals surface area (Å²) in [5.41, 5.74) is 12.5. The topological polar surface area (TPSA) is 82.2 Å². The summed E-state index contributed by atoms with van der Waals surface area (Å²) >= 11 is 0. The van der Waals surface area contributed by atoms with E-state index in [0.717, 1.165) is 28.1 Å². The van der Waals surface area contributed by atoms with E-state index in [1.807, 2.05) is 72.3 Å². The molecule has 0 unspecified atom stereocenters. The normalized spacial score (nSPS) is 10.8. The van der Waals surface area contributed by atoms with Gasteiger partial charge in [0.1, 0.15) is 5.75 Å². The van der Waals surface area contributed by atoms with Crippen molar-refractivity contribution in [1.82, 2.24) is 9.78 Å². The molecule has 0 aliphatic carbocycles. The van der Waals surface area contributed by atoms with Gasteiger partial charge < -0.3 is 15.8 Å². The van der Waals surface area contributed by atoms with Gasteiger partial charge >= 0.3 is 0 Å². The zero-order valence-electron chi connectivity index (χ0n) is 18.9. The number of anilines is 1. The van der Waals surface area contributed by atoms with E-state index in [4.69, 9.17) is 15.6 Å². The minimum atomic E-state index is -0.163. The molecule has 168 valence electrons. The van der Waals surface area contributed by atoms with Crippen molar-refractivity contribution in [2.45, 2.75) is 19.9 Å². The Hall–Kier alpha value is -3.90. The number of aromatic nitrogens is 2. The predicted octanol–water partition coefficient (Wildman–Crippen LogP) is 4.67. The fourth-order valence-corrected chi connectivity index (χ4v) is 3.96. The van der Waals surface area contributed by atoms with Crippen molar-refractivity contribution in [3.63, 3.8) is 0 Å². The highest BCUT2D eigenvalue weighted by atomic mass is 16.5. The molecule has 0 spiro atoms. The Labute approximate surface area is 194 Å². The van der Waals surface area contributed by atoms with Gasteiger partial charge in [0.15, 0.2) is 0 Å². The van der Waals surface area contributed by atoms with Crippen LogP contribution in [0.4, 0.5) is 5.69 Å². The molecule has 3 N–H and O–H groups in total. The Morgan fingerprint density at radius 2 is 1.82 bits per heavy atom. The average molecular weight is 441 g/mol. The number of nitrogens with zero attached hydrogens (tertiary/aromatic N) is 2. The second-order valence-electron chi connectivity index (χ2n) is 7.85. The van der Waals surface area contributed by atoms with Gasteiger partial charge in [-0.05, 0) is 36.8 Å². The summed E-state index contributed by atoms with van der Waals surface area (Å²) in [5.74, 6) is 0.531. The minimum Gasteiger partial charge on any atom is -0.497 e. The van der Waals surface area contributed by atoms with E-state index < -0.39 is 0 Å². The van der Waals surface area contributed by atoms with Crippen LogP contribution in [0.5, 0.6) is 5.75 Å². The van der Waals surface area contributed by atoms with Gasteiger partial charge in [-0.1, -0.05) is 48.5 Å². The molecule has 0 bridgehead atoms. The lowest BCUT2D eigenvalue weighted by Gasteiger charge is -2.11. The average Bonchev–Trinajstić information content (AvgIpc) is 3.14. The van der Waals surface area contributed by atoms with Crippen LogP contribution in [0.1, 0.15) is 27.2 Å². The molecule has 0 fully saturated rings. The number of hydrogen-bond acceptors (Lipinski definition) is 4. The number of methoxy groups -OCH3 is 1. The zero-order chi connectivity index (χ0) is 23.2. The third-order valence-electron chi connectivity index (χ3n) is 5.54. The summed E-state index contributed by atoms with van der Waals surface area (Å²) < 4.78 is 7.22. The predicted molar refractivity (Wildman–Crippen MR) is 132 cm³/mol. The number of carbonyl (C=O) groups excluding carboxylic acids is 1. The van der Waals surface area contributed by atoms with Gasteiger partial charge in [-0.2, -0.15) is 5.10 Å². The Kier molecular flexibility index (Phi) is 6.86. The van der Waals surface area contributed by atoms with Gasteiger partial charge in [-0.15, -0.1) is 0 Å². The van der Waals surface area contributed by atoms with E-state index in [0.29, 0.717) is 36.5 Å². The molecule has 0 aliphatic heterocycles. The number of amides is 1. The molecule has 1 amide bonds. The van der Waals surface area contributed by atoms with Gasteiger partial charge in [0, 0.05) is 41.4 Å². The highest BCUT2D eigenvalue weighted by molar-refractivity contribution is 6.04. The Morgan fingerprint density at radius 3 is 2.58 bits per heavy atom. The van der Waals surface area contributed by atoms with Gasteiger partial charge in [0.05, 0.1) is 25.0 Å². The summed E-state index contributed by atoms with van der Waals surface area (Å²) in [4.78, 5) is 12.9. The quantitative estimate of drug-likeness (QED) is 0.417. The van der Waals surface area contributed by atoms with Crippen LogP contribution in [0.25, 0.3) is 11.3 Å². The molecular weight excluding hydrogens is 412 g/mol. The monoisotopic (exact) mass is 440 g/mol. The molecule has 0 radical (unpaired) electrons. The van der Waals surface area contributed by atoms with Crippen LogP contribution in [0.2, 0.25) is 0 Å². The van der Waals surface area contributed by atoms with Crippen molar-refractivity contribution in [3.8, 4) is 17.0 Å². The van der Waals surface area contributed by atoms with Crippen LogP contribution in [0.15, 0.2) is 78.9 Å². The van der Waals surface area contributed by atoms with Crippen molar-refractivity contribution >= 4 is 11.6 Å². The van der Waals surface area contributed by atoms with Crippen molar-refractivity contribution in [2.24, 2.45) is 5.73 Å². The van der Waals surface area contributed by atoms with Crippen LogP contribution >= 0.6 is 0 Å². The second kappa shape index (κ2) is 10.1. The van der Waals surface area contributed by atoms with E-state index in [1.165, 1.54) is 0 Å². The van der Waals surface area contributed by atoms with Crippen molar-refractivity contribution in [1.29, 1.82) is 0 Å². The number of aryl methyl sites for hydroxylation is 1. The summed E-state index contributed by atoms with van der Waals surface area (Å²) in [6.45, 7) is 3.18. The van der Waals surface area contributed by atoms with Crippen LogP contribution in [-0.4, -0.2) is 29.3 Å². The Morgan fingerprint density at radius 1 is 1.03 bits per heavy atom. The molecule has 0 aliphatic rings. The molecule has 0 saturated carbocycles. The number of carbonyl (C=O) groups is 1. The van der Waals surface area contributed by atoms with Crippen LogP contribution < -0.4 is 15.8 Å². The first-order valence-electron chi connectivity index (χ1n) is 10.9. The van der Waals surface area contributed by atoms with E-state index in [1.54, 1.807) is 13.2 Å². The SMILES string of the molecule is COc1cccc(NC(=O)c2cccc(Cc3c(C)nn(CCN)c3-c3ccccc3)c2)c1. The molecule has 0 saturated heterocycles. The molecule has 1 aromatic heterocycles. The lowest BCUT2D eigenvalue weighted by molar-refractivity contribution is 0.102. The molecule has 6 heteroatoms. The number of nitrogens with one attached hydrogen (secondary N) is 1. The number of nitrogens with two attached hydrogens (primary N) is 1. The summed E-state index contributed by atoms with van der Waals surface area (Å²) in [5, 5.41) is 7.69. The minimum absolute atomic E-state index is 0.163. The summed E-state index contributed by atoms with van der Waals surface area (Å²) in [7, 11) is 1.60. The molecular formula is C27H28N4O2. The lowest BCUT2D eigenvalue weighted by Crippen LogP contribution is -2.13. The molecule has 6 nitrogen and oxygen atoms in total. The summed E-state index contributed by atoms with van der Waals surface area (Å²) in [6, 6.07) is 25.3. The number of benzene rings is 3. The van der Waals surface area contributed by atoms with Gasteiger partial charge in [-0.3, -0.25) is 9.48 Å². The highest BCUT2D eigenvalue weighted by Gasteiger charge is 2.17. The smallest absolute Gasteiger partial charge is 0.255 e. The van der Waals surface area contributed by atoms with Crippen LogP contribution in [0.3, 0.4) is 0 Å². The summed E-state index contributed by atoms with van der Waals surface area (Å²) in [6.07, 6.45) is 0.668. The largest absolute Gasteiger partial charge is 0.497 e. The number of ether oxygens (including phenoxy) is 1. The maximum atomic E-state index is 12.9. The second-order valence-corrected chi connectivity index (χ2v) is 7.85. The fraction of sp³-hybridized carbons (Fsp3) is 0.185. The molecule has 1 heterocycles. The fourth-order valence-electron chi connectivity index (χ4n) is 3.96. The van der Waals surface area contributed by atoms with Crippen LogP contribution in [-0.2, 0) is 13.0 Å². The van der Waals surface area contributed by atoms with E-state index in [9.17, 15) is 4.79 Å². The first kappa shape index (κ1) is 22.3. The lowest BCUT2D eigenvalue weighted by atomic mass is 9.98. The molecule has 33 heavy (non-hydrogen) atoms. The van der Waals surface area contributed by atoms with Crippen LogP contribution in [0, 0.1) is 6.92 Å². The van der Waals surface area contributed by atoms with E-state index in [2.05, 4.69) is 17.4 Å². The van der Waals surface area contributed by atoms with E-state index >= 15 is 0 Å².